The van der Waals surface area contributed by atoms with Crippen LogP contribution in [0.3, 0.4) is 0 Å². The van der Waals surface area contributed by atoms with Crippen LogP contribution in [0.1, 0.15) is 12.1 Å². The fourth-order valence-electron chi connectivity index (χ4n) is 3.62. The number of esters is 1. The smallest absolute Gasteiger partial charge is 0.544 e. The molecule has 30 heavy (non-hydrogen) atoms. The van der Waals surface area contributed by atoms with Gasteiger partial charge in [0.15, 0.2) is 10.8 Å². The number of β-lactam (4-membered cyclic amide) rings is 1. The van der Waals surface area contributed by atoms with Crippen molar-refractivity contribution in [3.05, 3.63) is 11.1 Å². The van der Waals surface area contributed by atoms with Gasteiger partial charge in [0, 0.05) is 11.1 Å². The number of rotatable bonds is 5. The van der Waals surface area contributed by atoms with E-state index in [0.29, 0.717) is 5.75 Å². The van der Waals surface area contributed by atoms with Crippen LogP contribution in [-0.2, 0) is 28.8 Å². The van der Waals surface area contributed by atoms with Crippen LogP contribution in [0.2, 0.25) is 0 Å². The third-order valence-corrected chi connectivity index (χ3v) is 6.94. The first-order valence-corrected chi connectivity index (χ1v) is 10.2. The van der Waals surface area contributed by atoms with Crippen molar-refractivity contribution in [1.29, 1.82) is 0 Å². The largest absolute Gasteiger partial charge is 1.00 e. The van der Waals surface area contributed by atoms with Gasteiger partial charge in [-0.05, 0) is 0 Å². The number of oxime groups is 1. The standard InChI is InChI=1S/C15H15N5O7S2.Na/c1-26-19-9(5-3-29-14(16)17-5)11(22)18-10-6-4-28-7-2-8(21)27-15(7,13(24)25)20(6)12(10)23;/h3,6-7,10H,2,4H2,1H3,(H2,16,17)(H,18,22)(H,24,25);/q;+1/p-1/b19-9-;/t6-,7-,10+,15+;/m1./s1. The average molecular weight is 463 g/mol. The number of nitrogens with one attached hydrogen (secondary N) is 1. The van der Waals surface area contributed by atoms with Gasteiger partial charge in [0.25, 0.3) is 11.8 Å². The van der Waals surface area contributed by atoms with E-state index >= 15 is 0 Å². The summed E-state index contributed by atoms with van der Waals surface area (Å²) >= 11 is 2.28. The Kier molecular flexibility index (Phi) is 6.34. The first-order valence-electron chi connectivity index (χ1n) is 8.31. The quantitative estimate of drug-likeness (QED) is 0.141. The Morgan fingerprint density at radius 3 is 2.83 bits per heavy atom. The number of ether oxygens (including phenoxy) is 1. The van der Waals surface area contributed by atoms with Crippen LogP contribution in [0.5, 0.6) is 0 Å². The first kappa shape index (κ1) is 22.8. The predicted molar refractivity (Wildman–Crippen MR) is 97.3 cm³/mol. The van der Waals surface area contributed by atoms with Crippen molar-refractivity contribution in [2.75, 3.05) is 18.6 Å². The number of carbonyl (C=O) groups excluding carboxylic acids is 4. The molecule has 154 valence electrons. The molecule has 0 unspecified atom stereocenters. The number of fused-ring (bicyclic) bond motifs is 3. The molecule has 3 aliphatic rings. The summed E-state index contributed by atoms with van der Waals surface area (Å²) in [6, 6.07) is -1.72. The fraction of sp³-hybridized carbons (Fsp3) is 0.467. The van der Waals surface area contributed by atoms with Gasteiger partial charge in [-0.25, -0.2) is 4.98 Å². The number of carboxylic acid groups (broad SMARTS) is 1. The number of amides is 2. The Hall–Kier alpha value is -1.87. The molecule has 0 radical (unpaired) electrons. The number of thiazole rings is 1. The third kappa shape index (κ3) is 3.36. The minimum absolute atomic E-state index is 0. The van der Waals surface area contributed by atoms with Crippen LogP contribution in [-0.4, -0.2) is 75.3 Å². The molecule has 0 saturated carbocycles. The number of hydrogen-bond acceptors (Lipinski definition) is 12. The molecule has 4 heterocycles. The maximum Gasteiger partial charge on any atom is 1.00 e. The molecule has 3 saturated heterocycles. The Balaban J connectivity index is 0.00000256. The molecule has 3 aliphatic heterocycles. The maximum absolute atomic E-state index is 12.7. The number of carbonyl (C=O) groups is 4. The van der Waals surface area contributed by atoms with Crippen molar-refractivity contribution in [2.24, 2.45) is 5.16 Å². The van der Waals surface area contributed by atoms with Crippen LogP contribution in [0.4, 0.5) is 5.13 Å². The third-order valence-electron chi connectivity index (χ3n) is 4.85. The van der Waals surface area contributed by atoms with Crippen molar-refractivity contribution in [3.63, 3.8) is 0 Å². The van der Waals surface area contributed by atoms with Gasteiger partial charge in [-0.15, -0.1) is 23.1 Å². The molecular formula is C15H14N5NaO7S2. The fourth-order valence-corrected chi connectivity index (χ4v) is 5.67. The number of nitrogen functional groups attached to an aromatic ring is 1. The summed E-state index contributed by atoms with van der Waals surface area (Å²) in [6.07, 6.45) is -0.137. The molecule has 1 aromatic heterocycles. The van der Waals surface area contributed by atoms with Crippen molar-refractivity contribution in [1.82, 2.24) is 15.2 Å². The molecule has 3 N–H and O–H groups in total. The van der Waals surface area contributed by atoms with Crippen molar-refractivity contribution >= 4 is 57.7 Å². The van der Waals surface area contributed by atoms with E-state index in [-0.39, 0.29) is 52.5 Å². The van der Waals surface area contributed by atoms with Gasteiger partial charge < -0.3 is 30.5 Å². The van der Waals surface area contributed by atoms with Gasteiger partial charge in [0.05, 0.1) is 17.7 Å². The molecule has 12 nitrogen and oxygen atoms in total. The SMILES string of the molecule is CO/N=C(\C(=O)N[C@@H]1C(=O)N2[C@@H]1CS[C@@H]1CC(=O)O[C@]12C(=O)[O-])c1csc(N)n1.[Na+]. The second kappa shape index (κ2) is 8.34. The Morgan fingerprint density at radius 2 is 2.23 bits per heavy atom. The van der Waals surface area contributed by atoms with Crippen molar-refractivity contribution in [3.8, 4) is 0 Å². The predicted octanol–water partition coefficient (Wildman–Crippen LogP) is -5.72. The van der Waals surface area contributed by atoms with Gasteiger partial charge in [0.1, 0.15) is 24.8 Å². The number of carboxylic acids is 1. The number of nitrogens with two attached hydrogens (primary N) is 1. The van der Waals surface area contributed by atoms with E-state index in [4.69, 9.17) is 10.5 Å². The molecule has 4 atom stereocenters. The van der Waals surface area contributed by atoms with E-state index in [2.05, 4.69) is 20.3 Å². The molecule has 0 aromatic carbocycles. The summed E-state index contributed by atoms with van der Waals surface area (Å²) in [4.78, 5) is 58.5. The van der Waals surface area contributed by atoms with Crippen LogP contribution in [0, 0.1) is 0 Å². The summed E-state index contributed by atoms with van der Waals surface area (Å²) in [6.45, 7) is 0. The van der Waals surface area contributed by atoms with Crippen molar-refractivity contribution in [2.45, 2.75) is 29.5 Å². The van der Waals surface area contributed by atoms with E-state index in [1.807, 2.05) is 0 Å². The van der Waals surface area contributed by atoms with Gasteiger partial charge in [-0.2, -0.15) is 0 Å². The van der Waals surface area contributed by atoms with Crippen LogP contribution in [0.25, 0.3) is 0 Å². The number of thioether (sulfide) groups is 1. The topological polar surface area (TPSA) is 176 Å². The zero-order valence-corrected chi connectivity index (χ0v) is 19.4. The molecule has 0 aliphatic carbocycles. The average Bonchev–Trinajstić information content (AvgIpc) is 3.25. The number of hydrogen-bond donors (Lipinski definition) is 2. The Morgan fingerprint density at radius 1 is 1.50 bits per heavy atom. The molecule has 0 spiro atoms. The van der Waals surface area contributed by atoms with E-state index in [1.54, 1.807) is 0 Å². The van der Waals surface area contributed by atoms with Crippen molar-refractivity contribution < 1.29 is 63.4 Å². The normalized spacial score (nSPS) is 29.7. The molecule has 0 bridgehead atoms. The molecule has 3 fully saturated rings. The zero-order chi connectivity index (χ0) is 20.9. The van der Waals surface area contributed by atoms with Gasteiger partial charge in [-0.3, -0.25) is 19.3 Å². The molecule has 4 rings (SSSR count). The Labute approximate surface area is 199 Å². The second-order valence-electron chi connectivity index (χ2n) is 6.40. The minimum Gasteiger partial charge on any atom is -0.544 e. The van der Waals surface area contributed by atoms with E-state index in [1.165, 1.54) is 24.3 Å². The van der Waals surface area contributed by atoms with Crippen LogP contribution < -0.4 is 45.7 Å². The number of anilines is 1. The Bertz CT molecular complexity index is 956. The zero-order valence-electron chi connectivity index (χ0n) is 15.8. The number of aliphatic carboxylic acids is 1. The van der Waals surface area contributed by atoms with Gasteiger partial charge in [0.2, 0.25) is 5.72 Å². The van der Waals surface area contributed by atoms with Gasteiger partial charge in [-0.1, -0.05) is 5.16 Å². The van der Waals surface area contributed by atoms with Gasteiger partial charge >= 0.3 is 35.5 Å². The molecule has 1 aromatic rings. The summed E-state index contributed by atoms with van der Waals surface area (Å²) in [7, 11) is 1.25. The van der Waals surface area contributed by atoms with Crippen LogP contribution in [0.15, 0.2) is 10.5 Å². The summed E-state index contributed by atoms with van der Waals surface area (Å²) in [5.74, 6) is -3.50. The second-order valence-corrected chi connectivity index (χ2v) is 8.53. The summed E-state index contributed by atoms with van der Waals surface area (Å²) in [5, 5.41) is 18.9. The molecule has 15 heteroatoms. The van der Waals surface area contributed by atoms with E-state index < -0.39 is 46.8 Å². The molecular weight excluding hydrogens is 449 g/mol. The minimum atomic E-state index is -2.16. The van der Waals surface area contributed by atoms with E-state index in [0.717, 1.165) is 16.2 Å². The summed E-state index contributed by atoms with van der Waals surface area (Å²) in [5.41, 5.74) is 3.41. The monoisotopic (exact) mass is 463 g/mol. The first-order chi connectivity index (χ1) is 13.8. The molecule has 2 amide bonds. The number of nitrogens with zero attached hydrogens (tertiary/aromatic N) is 3. The van der Waals surface area contributed by atoms with Crippen LogP contribution >= 0.6 is 23.1 Å². The van der Waals surface area contributed by atoms with E-state index in [9.17, 15) is 24.3 Å². The number of aromatic nitrogens is 1. The maximum atomic E-state index is 12.7. The summed E-state index contributed by atoms with van der Waals surface area (Å²) < 4.78 is 5.03.